The van der Waals surface area contributed by atoms with Gasteiger partial charge in [0.25, 0.3) is 0 Å². The van der Waals surface area contributed by atoms with Gasteiger partial charge < -0.3 is 9.80 Å². The summed E-state index contributed by atoms with van der Waals surface area (Å²) in [5, 5.41) is 9.53. The number of hydrogen-bond donors (Lipinski definition) is 0. The number of hydrogen-bond acceptors (Lipinski definition) is 5. The molecule has 3 heterocycles. The maximum absolute atomic E-state index is 13.1. The van der Waals surface area contributed by atoms with Crippen molar-refractivity contribution < 1.29 is 13.2 Å². The van der Waals surface area contributed by atoms with Crippen LogP contribution in [0.25, 0.3) is 16.8 Å². The van der Waals surface area contributed by atoms with Gasteiger partial charge in [-0.15, -0.1) is 5.10 Å². The third kappa shape index (κ3) is 4.63. The minimum Gasteiger partial charge on any atom is -0.367 e. The van der Waals surface area contributed by atoms with Gasteiger partial charge in [-0.05, 0) is 42.4 Å². The van der Waals surface area contributed by atoms with E-state index in [4.69, 9.17) is 11.6 Å². The third-order valence-corrected chi connectivity index (χ3v) is 6.44. The van der Waals surface area contributed by atoms with Crippen molar-refractivity contribution in [3.05, 3.63) is 81.4 Å². The van der Waals surface area contributed by atoms with Gasteiger partial charge in [0, 0.05) is 31.2 Å². The lowest BCUT2D eigenvalue weighted by atomic mass is 10.0. The first-order valence-corrected chi connectivity index (χ1v) is 11.4. The maximum atomic E-state index is 13.1. The summed E-state index contributed by atoms with van der Waals surface area (Å²) in [6.45, 7) is 3.39. The lowest BCUT2D eigenvalue weighted by Gasteiger charge is -2.34. The Morgan fingerprint density at radius 1 is 0.971 bits per heavy atom. The molecule has 2 aromatic carbocycles. The van der Waals surface area contributed by atoms with Crippen molar-refractivity contribution in [1.82, 2.24) is 24.3 Å². The quantitative estimate of drug-likeness (QED) is 0.422. The first-order chi connectivity index (χ1) is 16.7. The Kier molecular flexibility index (Phi) is 6.02. The summed E-state index contributed by atoms with van der Waals surface area (Å²) < 4.78 is 41.1. The molecule has 35 heavy (non-hydrogen) atoms. The van der Waals surface area contributed by atoms with Crippen molar-refractivity contribution in [2.75, 3.05) is 38.1 Å². The van der Waals surface area contributed by atoms with Crippen LogP contribution in [-0.2, 0) is 12.7 Å². The Labute approximate surface area is 203 Å². The van der Waals surface area contributed by atoms with Gasteiger partial charge in [0.2, 0.25) is 0 Å². The number of likely N-dealkylation sites (N-methyl/N-ethyl adjacent to an activating group) is 1. The molecule has 1 aliphatic rings. The molecular formula is C24H22ClF3N6O. The standard InChI is InChI=1S/C24H22ClF3N6O/c1-31-10-12-32(13-11-31)20-14-29-34-22(21(20)17-4-8-19(25)9-5-17)30-33(23(34)35)15-16-2-6-18(7-3-16)24(26,27)28/h2-9,14H,10-13,15H2,1H3. The molecule has 4 aromatic rings. The molecule has 5 rings (SSSR count). The maximum Gasteiger partial charge on any atom is 0.416 e. The van der Waals surface area contributed by atoms with Gasteiger partial charge in [-0.1, -0.05) is 35.9 Å². The van der Waals surface area contributed by atoms with Crippen molar-refractivity contribution in [2.45, 2.75) is 12.7 Å². The average molecular weight is 503 g/mol. The Morgan fingerprint density at radius 2 is 1.63 bits per heavy atom. The summed E-state index contributed by atoms with van der Waals surface area (Å²) in [4.78, 5) is 17.6. The topological polar surface area (TPSA) is 58.7 Å². The molecule has 0 amide bonds. The first-order valence-electron chi connectivity index (χ1n) is 11.0. The number of fused-ring (bicyclic) bond motifs is 1. The predicted molar refractivity (Wildman–Crippen MR) is 128 cm³/mol. The van der Waals surface area contributed by atoms with E-state index in [1.807, 2.05) is 12.1 Å². The van der Waals surface area contributed by atoms with Crippen LogP contribution >= 0.6 is 11.6 Å². The average Bonchev–Trinajstić information content (AvgIpc) is 3.14. The molecule has 0 bridgehead atoms. The number of rotatable bonds is 4. The van der Waals surface area contributed by atoms with Gasteiger partial charge in [0.05, 0.1) is 29.6 Å². The molecule has 7 nitrogen and oxygen atoms in total. The van der Waals surface area contributed by atoms with E-state index in [1.165, 1.54) is 21.3 Å². The summed E-state index contributed by atoms with van der Waals surface area (Å²) >= 11 is 6.11. The zero-order valence-electron chi connectivity index (χ0n) is 18.8. The lowest BCUT2D eigenvalue weighted by Crippen LogP contribution is -2.44. The molecule has 182 valence electrons. The number of aromatic nitrogens is 4. The fourth-order valence-electron chi connectivity index (χ4n) is 4.21. The summed E-state index contributed by atoms with van der Waals surface area (Å²) in [5.74, 6) is 0. The van der Waals surface area contributed by atoms with Crippen molar-refractivity contribution in [3.8, 4) is 11.1 Å². The summed E-state index contributed by atoms with van der Waals surface area (Å²) in [5.41, 5.74) is 2.13. The fraction of sp³-hybridized carbons (Fsp3) is 0.292. The van der Waals surface area contributed by atoms with Crippen LogP contribution in [0.3, 0.4) is 0 Å². The van der Waals surface area contributed by atoms with Crippen LogP contribution in [0, 0.1) is 0 Å². The second kappa shape index (κ2) is 9.01. The molecule has 0 radical (unpaired) electrons. The van der Waals surface area contributed by atoms with E-state index >= 15 is 0 Å². The van der Waals surface area contributed by atoms with E-state index in [0.29, 0.717) is 16.2 Å². The van der Waals surface area contributed by atoms with E-state index < -0.39 is 17.4 Å². The zero-order chi connectivity index (χ0) is 24.7. The monoisotopic (exact) mass is 502 g/mol. The molecule has 0 atom stereocenters. The highest BCUT2D eigenvalue weighted by atomic mass is 35.5. The molecule has 0 N–H and O–H groups in total. The molecule has 1 saturated heterocycles. The molecule has 1 aliphatic heterocycles. The van der Waals surface area contributed by atoms with Gasteiger partial charge in [0.1, 0.15) is 0 Å². The number of alkyl halides is 3. The van der Waals surface area contributed by atoms with E-state index in [0.717, 1.165) is 55.1 Å². The molecule has 2 aromatic heterocycles. The Morgan fingerprint density at radius 3 is 2.26 bits per heavy atom. The number of benzene rings is 2. The highest BCUT2D eigenvalue weighted by Gasteiger charge is 2.30. The largest absolute Gasteiger partial charge is 0.416 e. The smallest absolute Gasteiger partial charge is 0.367 e. The molecule has 0 saturated carbocycles. The van der Waals surface area contributed by atoms with Gasteiger partial charge >= 0.3 is 11.9 Å². The molecule has 1 fully saturated rings. The summed E-state index contributed by atoms with van der Waals surface area (Å²) in [6.07, 6.45) is -2.75. The minimum absolute atomic E-state index is 0.0181. The van der Waals surface area contributed by atoms with Crippen LogP contribution in [-0.4, -0.2) is 57.5 Å². The highest BCUT2D eigenvalue weighted by Crippen LogP contribution is 2.34. The van der Waals surface area contributed by atoms with Gasteiger partial charge in [-0.2, -0.15) is 22.8 Å². The van der Waals surface area contributed by atoms with Gasteiger partial charge in [0.15, 0.2) is 5.65 Å². The SMILES string of the molecule is CN1CCN(c2cnn3c(=O)n(Cc4ccc(C(F)(F)F)cc4)nc3c2-c2ccc(Cl)cc2)CC1. The van der Waals surface area contributed by atoms with Crippen LogP contribution in [0.15, 0.2) is 59.5 Å². The van der Waals surface area contributed by atoms with Gasteiger partial charge in [-0.3, -0.25) is 0 Å². The van der Waals surface area contributed by atoms with Crippen LogP contribution in [0.4, 0.5) is 18.9 Å². The van der Waals surface area contributed by atoms with Crippen molar-refractivity contribution in [1.29, 1.82) is 0 Å². The molecule has 11 heteroatoms. The Bertz CT molecular complexity index is 1400. The number of piperazine rings is 1. The van der Waals surface area contributed by atoms with Crippen molar-refractivity contribution in [2.24, 2.45) is 0 Å². The second-order valence-electron chi connectivity index (χ2n) is 8.57. The van der Waals surface area contributed by atoms with Crippen LogP contribution in [0.1, 0.15) is 11.1 Å². The summed E-state index contributed by atoms with van der Waals surface area (Å²) in [6, 6.07) is 12.0. The molecule has 0 unspecified atom stereocenters. The molecule has 0 aliphatic carbocycles. The molecule has 0 spiro atoms. The minimum atomic E-state index is -4.42. The summed E-state index contributed by atoms with van der Waals surface area (Å²) in [7, 11) is 2.07. The van der Waals surface area contributed by atoms with Crippen LogP contribution < -0.4 is 10.6 Å². The fourth-order valence-corrected chi connectivity index (χ4v) is 4.33. The Balaban J connectivity index is 1.59. The van der Waals surface area contributed by atoms with E-state index in [-0.39, 0.29) is 6.54 Å². The molecular weight excluding hydrogens is 481 g/mol. The zero-order valence-corrected chi connectivity index (χ0v) is 19.6. The Hall–Kier alpha value is -3.37. The second-order valence-corrected chi connectivity index (χ2v) is 9.01. The number of nitrogens with zero attached hydrogens (tertiary/aromatic N) is 6. The number of halogens is 4. The van der Waals surface area contributed by atoms with E-state index in [1.54, 1.807) is 18.3 Å². The van der Waals surface area contributed by atoms with Gasteiger partial charge in [-0.25, -0.2) is 9.48 Å². The third-order valence-electron chi connectivity index (χ3n) is 6.18. The van der Waals surface area contributed by atoms with Crippen molar-refractivity contribution in [3.63, 3.8) is 0 Å². The highest BCUT2D eigenvalue weighted by molar-refractivity contribution is 6.30. The van der Waals surface area contributed by atoms with Crippen LogP contribution in [0.2, 0.25) is 5.02 Å². The normalized spacial score (nSPS) is 15.2. The van der Waals surface area contributed by atoms with E-state index in [2.05, 4.69) is 27.0 Å². The van der Waals surface area contributed by atoms with Crippen molar-refractivity contribution >= 4 is 22.9 Å². The number of anilines is 1. The van der Waals surface area contributed by atoms with E-state index in [9.17, 15) is 18.0 Å². The lowest BCUT2D eigenvalue weighted by molar-refractivity contribution is -0.137. The predicted octanol–water partition coefficient (Wildman–Crippen LogP) is 4.03. The first kappa shape index (κ1) is 23.4. The van der Waals surface area contributed by atoms with Crippen LogP contribution in [0.5, 0.6) is 0 Å².